The Balaban J connectivity index is 2.05. The molecule has 3 rings (SSSR count). The van der Waals surface area contributed by atoms with E-state index in [0.29, 0.717) is 5.57 Å². The molecule has 102 valence electrons. The van der Waals surface area contributed by atoms with Crippen LogP contribution in [0, 0.1) is 11.3 Å². The standard InChI is InChI=1S/C19H16N2/c1-2-14-7-9-15(10-8-14)11-16(12-20)18-13-21-19-6-4-3-5-17(18)19/h3-11,13,21H,2H2,1H3. The first-order valence-electron chi connectivity index (χ1n) is 7.09. The highest BCUT2D eigenvalue weighted by Crippen LogP contribution is 2.26. The Hall–Kier alpha value is -2.79. The van der Waals surface area contributed by atoms with Crippen LogP contribution in [0.2, 0.25) is 0 Å². The van der Waals surface area contributed by atoms with Gasteiger partial charge in [-0.05, 0) is 29.7 Å². The third-order valence-corrected chi connectivity index (χ3v) is 3.70. The van der Waals surface area contributed by atoms with Crippen molar-refractivity contribution in [2.24, 2.45) is 0 Å². The summed E-state index contributed by atoms with van der Waals surface area (Å²) in [6.07, 6.45) is 4.87. The predicted octanol–water partition coefficient (Wildman–Crippen LogP) is 4.79. The van der Waals surface area contributed by atoms with E-state index in [0.717, 1.165) is 28.5 Å². The maximum Gasteiger partial charge on any atom is 0.0998 e. The van der Waals surface area contributed by atoms with E-state index in [9.17, 15) is 5.26 Å². The monoisotopic (exact) mass is 272 g/mol. The normalized spacial score (nSPS) is 11.5. The lowest BCUT2D eigenvalue weighted by Crippen LogP contribution is -1.82. The van der Waals surface area contributed by atoms with E-state index in [1.54, 1.807) is 0 Å². The van der Waals surface area contributed by atoms with Crippen LogP contribution in [0.1, 0.15) is 23.6 Å². The average Bonchev–Trinajstić information content (AvgIpc) is 2.97. The third kappa shape index (κ3) is 2.59. The number of aromatic nitrogens is 1. The number of nitriles is 1. The lowest BCUT2D eigenvalue weighted by molar-refractivity contribution is 1.14. The van der Waals surface area contributed by atoms with Gasteiger partial charge in [-0.25, -0.2) is 0 Å². The van der Waals surface area contributed by atoms with E-state index in [-0.39, 0.29) is 0 Å². The van der Waals surface area contributed by atoms with Crippen LogP contribution >= 0.6 is 0 Å². The van der Waals surface area contributed by atoms with Gasteiger partial charge in [-0.1, -0.05) is 49.4 Å². The molecule has 0 radical (unpaired) electrons. The molecule has 0 bridgehead atoms. The largest absolute Gasteiger partial charge is 0.361 e. The van der Waals surface area contributed by atoms with Gasteiger partial charge >= 0.3 is 0 Å². The molecule has 2 nitrogen and oxygen atoms in total. The van der Waals surface area contributed by atoms with Crippen LogP contribution in [0.4, 0.5) is 0 Å². The van der Waals surface area contributed by atoms with Crippen LogP contribution < -0.4 is 0 Å². The Morgan fingerprint density at radius 1 is 1.14 bits per heavy atom. The minimum absolute atomic E-state index is 0.677. The van der Waals surface area contributed by atoms with E-state index in [2.05, 4.69) is 42.2 Å². The zero-order valence-electron chi connectivity index (χ0n) is 11.9. The van der Waals surface area contributed by atoms with E-state index in [1.807, 2.05) is 36.5 Å². The van der Waals surface area contributed by atoms with E-state index >= 15 is 0 Å². The minimum Gasteiger partial charge on any atom is -0.361 e. The Bertz CT molecular complexity index is 830. The zero-order chi connectivity index (χ0) is 14.7. The van der Waals surface area contributed by atoms with Crippen LogP contribution in [0.3, 0.4) is 0 Å². The molecule has 0 unspecified atom stereocenters. The topological polar surface area (TPSA) is 39.6 Å². The summed E-state index contributed by atoms with van der Waals surface area (Å²) in [7, 11) is 0. The Morgan fingerprint density at radius 2 is 1.90 bits per heavy atom. The van der Waals surface area contributed by atoms with E-state index in [4.69, 9.17) is 0 Å². The minimum atomic E-state index is 0.677. The molecule has 0 amide bonds. The fraction of sp³-hybridized carbons (Fsp3) is 0.105. The van der Waals surface area contributed by atoms with Gasteiger partial charge in [0.15, 0.2) is 0 Å². The summed E-state index contributed by atoms with van der Waals surface area (Å²) in [5, 5.41) is 10.6. The molecule has 21 heavy (non-hydrogen) atoms. The van der Waals surface area contributed by atoms with Crippen molar-refractivity contribution < 1.29 is 0 Å². The summed E-state index contributed by atoms with van der Waals surface area (Å²) in [6, 6.07) is 18.7. The molecular weight excluding hydrogens is 256 g/mol. The van der Waals surface area contributed by atoms with Gasteiger partial charge in [0.05, 0.1) is 11.6 Å². The highest BCUT2D eigenvalue weighted by molar-refractivity contribution is 6.01. The number of benzene rings is 2. The van der Waals surface area contributed by atoms with Crippen molar-refractivity contribution in [3.63, 3.8) is 0 Å². The molecule has 0 fully saturated rings. The van der Waals surface area contributed by atoms with E-state index in [1.165, 1.54) is 5.56 Å². The molecule has 1 aromatic heterocycles. The highest BCUT2D eigenvalue weighted by Gasteiger charge is 2.07. The number of H-pyrrole nitrogens is 1. The number of aryl methyl sites for hydroxylation is 1. The first-order chi connectivity index (χ1) is 10.3. The van der Waals surface area contributed by atoms with Crippen molar-refractivity contribution in [3.8, 4) is 6.07 Å². The van der Waals surface area contributed by atoms with Crippen LogP contribution in [-0.2, 0) is 6.42 Å². The Labute approximate surface area is 124 Å². The summed E-state index contributed by atoms with van der Waals surface area (Å²) in [4.78, 5) is 3.22. The second kappa shape index (κ2) is 5.68. The highest BCUT2D eigenvalue weighted by atomic mass is 14.7. The molecule has 0 aliphatic rings. The van der Waals surface area contributed by atoms with E-state index < -0.39 is 0 Å². The molecule has 0 saturated heterocycles. The Kier molecular flexibility index (Phi) is 3.57. The second-order valence-corrected chi connectivity index (χ2v) is 5.01. The molecule has 1 heterocycles. The molecule has 3 aromatic rings. The lowest BCUT2D eigenvalue weighted by atomic mass is 10.0. The first-order valence-corrected chi connectivity index (χ1v) is 7.09. The summed E-state index contributed by atoms with van der Waals surface area (Å²) >= 11 is 0. The van der Waals surface area contributed by atoms with Gasteiger partial charge in [0.25, 0.3) is 0 Å². The van der Waals surface area contributed by atoms with Crippen molar-refractivity contribution in [3.05, 3.63) is 71.4 Å². The number of allylic oxidation sites excluding steroid dienone is 1. The van der Waals surface area contributed by atoms with Crippen LogP contribution in [-0.4, -0.2) is 4.98 Å². The number of para-hydroxylation sites is 1. The van der Waals surface area contributed by atoms with Gasteiger partial charge in [0.2, 0.25) is 0 Å². The lowest BCUT2D eigenvalue weighted by Gasteiger charge is -2.00. The number of aromatic amines is 1. The summed E-state index contributed by atoms with van der Waals surface area (Å²) in [5.41, 5.74) is 5.03. The summed E-state index contributed by atoms with van der Waals surface area (Å²) in [5.74, 6) is 0. The Morgan fingerprint density at radius 3 is 2.62 bits per heavy atom. The van der Waals surface area contributed by atoms with Crippen molar-refractivity contribution in [1.29, 1.82) is 5.26 Å². The van der Waals surface area contributed by atoms with Gasteiger partial charge in [-0.3, -0.25) is 0 Å². The molecule has 2 heteroatoms. The molecule has 0 aliphatic carbocycles. The number of nitrogens with zero attached hydrogens (tertiary/aromatic N) is 1. The van der Waals surface area contributed by atoms with Crippen LogP contribution in [0.5, 0.6) is 0 Å². The van der Waals surface area contributed by atoms with Gasteiger partial charge in [-0.15, -0.1) is 0 Å². The summed E-state index contributed by atoms with van der Waals surface area (Å²) < 4.78 is 0. The van der Waals surface area contributed by atoms with Crippen LogP contribution in [0.15, 0.2) is 54.7 Å². The number of fused-ring (bicyclic) bond motifs is 1. The average molecular weight is 272 g/mol. The van der Waals surface area contributed by atoms with Crippen molar-refractivity contribution >= 4 is 22.6 Å². The van der Waals surface area contributed by atoms with Gasteiger partial charge in [-0.2, -0.15) is 5.26 Å². The molecule has 0 saturated carbocycles. The first kappa shape index (κ1) is 13.2. The molecule has 0 spiro atoms. The third-order valence-electron chi connectivity index (χ3n) is 3.70. The zero-order valence-corrected chi connectivity index (χ0v) is 11.9. The van der Waals surface area contributed by atoms with Crippen molar-refractivity contribution in [2.75, 3.05) is 0 Å². The maximum atomic E-state index is 9.49. The second-order valence-electron chi connectivity index (χ2n) is 5.01. The molecule has 1 N–H and O–H groups in total. The smallest absolute Gasteiger partial charge is 0.0998 e. The predicted molar refractivity (Wildman–Crippen MR) is 87.6 cm³/mol. The fourth-order valence-electron chi connectivity index (χ4n) is 2.48. The van der Waals surface area contributed by atoms with Gasteiger partial charge in [0.1, 0.15) is 0 Å². The number of nitrogens with one attached hydrogen (secondary N) is 1. The van der Waals surface area contributed by atoms with Gasteiger partial charge < -0.3 is 4.98 Å². The summed E-state index contributed by atoms with van der Waals surface area (Å²) in [6.45, 7) is 2.14. The molecular formula is C19H16N2. The van der Waals surface area contributed by atoms with Crippen molar-refractivity contribution in [2.45, 2.75) is 13.3 Å². The van der Waals surface area contributed by atoms with Crippen LogP contribution in [0.25, 0.3) is 22.6 Å². The van der Waals surface area contributed by atoms with Crippen molar-refractivity contribution in [1.82, 2.24) is 4.98 Å². The quantitative estimate of drug-likeness (QED) is 0.684. The number of hydrogen-bond donors (Lipinski definition) is 1. The fourth-order valence-corrected chi connectivity index (χ4v) is 2.48. The maximum absolute atomic E-state index is 9.49. The molecule has 0 atom stereocenters. The number of hydrogen-bond acceptors (Lipinski definition) is 1. The van der Waals surface area contributed by atoms with Gasteiger partial charge in [0, 0.05) is 22.7 Å². The SMILES string of the molecule is CCc1ccc(C=C(C#N)c2c[nH]c3ccccc23)cc1. The number of rotatable bonds is 3. The molecule has 0 aliphatic heterocycles. The molecule has 2 aromatic carbocycles.